The van der Waals surface area contributed by atoms with Crippen molar-refractivity contribution in [2.75, 3.05) is 12.8 Å². The molecule has 21 heavy (non-hydrogen) atoms. The van der Waals surface area contributed by atoms with E-state index in [2.05, 4.69) is 19.1 Å². The molecule has 0 fully saturated rings. The largest absolute Gasteiger partial charge is 0.398 e. The number of carbonyl (C=O) groups is 1. The topological polar surface area (TPSA) is 46.3 Å². The molecule has 110 valence electrons. The summed E-state index contributed by atoms with van der Waals surface area (Å²) >= 11 is 0. The van der Waals surface area contributed by atoms with Gasteiger partial charge >= 0.3 is 0 Å². The number of nitrogen functional groups attached to an aromatic ring is 1. The Morgan fingerprint density at radius 1 is 1.05 bits per heavy atom. The lowest BCUT2D eigenvalue weighted by Crippen LogP contribution is -2.27. The average molecular weight is 282 g/mol. The first-order valence-electron chi connectivity index (χ1n) is 7.07. The fraction of sp³-hybridized carbons (Fsp3) is 0.278. The molecule has 0 aliphatic rings. The summed E-state index contributed by atoms with van der Waals surface area (Å²) in [5, 5.41) is 0. The van der Waals surface area contributed by atoms with Crippen LogP contribution in [0.2, 0.25) is 0 Å². The molecule has 3 nitrogen and oxygen atoms in total. The minimum absolute atomic E-state index is 0.00227. The van der Waals surface area contributed by atoms with E-state index in [0.29, 0.717) is 17.8 Å². The predicted octanol–water partition coefficient (Wildman–Crippen LogP) is 3.47. The molecule has 2 aromatic rings. The SMILES string of the molecule is Cc1cc(C)c(C(=O)N(C)Cc2ccccc2C)cc1N. The third-order valence-corrected chi connectivity index (χ3v) is 3.86. The van der Waals surface area contributed by atoms with Crippen molar-refractivity contribution in [2.45, 2.75) is 27.3 Å². The molecule has 1 amide bonds. The van der Waals surface area contributed by atoms with Crippen LogP contribution in [0.4, 0.5) is 5.69 Å². The highest BCUT2D eigenvalue weighted by molar-refractivity contribution is 5.96. The van der Waals surface area contributed by atoms with Crippen LogP contribution in [0, 0.1) is 20.8 Å². The van der Waals surface area contributed by atoms with Gasteiger partial charge in [0.1, 0.15) is 0 Å². The number of benzene rings is 2. The number of hydrogen-bond donors (Lipinski definition) is 1. The fourth-order valence-electron chi connectivity index (χ4n) is 2.42. The zero-order chi connectivity index (χ0) is 15.6. The molecule has 2 aromatic carbocycles. The third-order valence-electron chi connectivity index (χ3n) is 3.86. The average Bonchev–Trinajstić information content (AvgIpc) is 2.44. The standard InChI is InChI=1S/C18H22N2O/c1-12-7-5-6-8-15(12)11-20(4)18(21)16-10-17(19)14(3)9-13(16)2/h5-10H,11,19H2,1-4H3. The van der Waals surface area contributed by atoms with Gasteiger partial charge in [-0.15, -0.1) is 0 Å². The second-order valence-electron chi connectivity index (χ2n) is 5.61. The Morgan fingerprint density at radius 3 is 2.38 bits per heavy atom. The quantitative estimate of drug-likeness (QED) is 0.876. The summed E-state index contributed by atoms with van der Waals surface area (Å²) in [5.41, 5.74) is 11.6. The van der Waals surface area contributed by atoms with E-state index in [0.717, 1.165) is 16.7 Å². The zero-order valence-corrected chi connectivity index (χ0v) is 13.1. The van der Waals surface area contributed by atoms with Crippen LogP contribution < -0.4 is 5.73 Å². The molecule has 0 radical (unpaired) electrons. The van der Waals surface area contributed by atoms with Crippen LogP contribution in [-0.4, -0.2) is 17.9 Å². The Labute approximate surface area is 126 Å². The number of anilines is 1. The number of hydrogen-bond acceptors (Lipinski definition) is 2. The van der Waals surface area contributed by atoms with Crippen molar-refractivity contribution in [3.63, 3.8) is 0 Å². The molecule has 0 aromatic heterocycles. The lowest BCUT2D eigenvalue weighted by atomic mass is 10.0. The highest BCUT2D eigenvalue weighted by Gasteiger charge is 2.16. The summed E-state index contributed by atoms with van der Waals surface area (Å²) in [4.78, 5) is 14.4. The van der Waals surface area contributed by atoms with Gasteiger partial charge in [-0.2, -0.15) is 0 Å². The molecule has 0 bridgehead atoms. The van der Waals surface area contributed by atoms with Gasteiger partial charge in [-0.1, -0.05) is 30.3 Å². The summed E-state index contributed by atoms with van der Waals surface area (Å²) in [6.45, 7) is 6.55. The minimum Gasteiger partial charge on any atom is -0.398 e. The van der Waals surface area contributed by atoms with Gasteiger partial charge in [0.25, 0.3) is 5.91 Å². The lowest BCUT2D eigenvalue weighted by Gasteiger charge is -2.20. The third kappa shape index (κ3) is 3.24. The Kier molecular flexibility index (Phi) is 4.32. The van der Waals surface area contributed by atoms with E-state index in [1.165, 1.54) is 5.56 Å². The van der Waals surface area contributed by atoms with Crippen LogP contribution in [0.3, 0.4) is 0 Å². The van der Waals surface area contributed by atoms with Gasteiger partial charge in [0.15, 0.2) is 0 Å². The van der Waals surface area contributed by atoms with E-state index >= 15 is 0 Å². The highest BCUT2D eigenvalue weighted by atomic mass is 16.2. The van der Waals surface area contributed by atoms with Gasteiger partial charge in [-0.25, -0.2) is 0 Å². The molecular weight excluding hydrogens is 260 g/mol. The van der Waals surface area contributed by atoms with Crippen molar-refractivity contribution in [2.24, 2.45) is 0 Å². The molecule has 0 saturated heterocycles. The summed E-state index contributed by atoms with van der Waals surface area (Å²) < 4.78 is 0. The smallest absolute Gasteiger partial charge is 0.254 e. The second-order valence-corrected chi connectivity index (χ2v) is 5.61. The Balaban J connectivity index is 2.24. The summed E-state index contributed by atoms with van der Waals surface area (Å²) in [5.74, 6) is 0.00227. The summed E-state index contributed by atoms with van der Waals surface area (Å²) in [6, 6.07) is 11.9. The molecule has 2 rings (SSSR count). The van der Waals surface area contributed by atoms with E-state index in [-0.39, 0.29) is 5.91 Å². The Hall–Kier alpha value is -2.29. The van der Waals surface area contributed by atoms with Crippen LogP contribution in [-0.2, 0) is 6.54 Å². The van der Waals surface area contributed by atoms with Crippen molar-refractivity contribution in [3.8, 4) is 0 Å². The minimum atomic E-state index is 0.00227. The van der Waals surface area contributed by atoms with Crippen molar-refractivity contribution in [3.05, 3.63) is 64.2 Å². The predicted molar refractivity (Wildman–Crippen MR) is 87.3 cm³/mol. The number of aryl methyl sites for hydroxylation is 3. The monoisotopic (exact) mass is 282 g/mol. The van der Waals surface area contributed by atoms with E-state index in [1.807, 2.05) is 39.1 Å². The maximum Gasteiger partial charge on any atom is 0.254 e. The van der Waals surface area contributed by atoms with Crippen LogP contribution in [0.1, 0.15) is 32.6 Å². The molecular formula is C18H22N2O. The van der Waals surface area contributed by atoms with Gasteiger partial charge in [-0.05, 0) is 49.1 Å². The first-order valence-corrected chi connectivity index (χ1v) is 7.07. The maximum absolute atomic E-state index is 12.6. The van der Waals surface area contributed by atoms with Crippen LogP contribution >= 0.6 is 0 Å². The zero-order valence-electron chi connectivity index (χ0n) is 13.1. The van der Waals surface area contributed by atoms with E-state index in [4.69, 9.17) is 5.73 Å². The van der Waals surface area contributed by atoms with E-state index in [1.54, 1.807) is 11.0 Å². The van der Waals surface area contributed by atoms with Gasteiger partial charge in [0.2, 0.25) is 0 Å². The normalized spacial score (nSPS) is 10.5. The van der Waals surface area contributed by atoms with Crippen molar-refractivity contribution < 1.29 is 4.79 Å². The molecule has 2 N–H and O–H groups in total. The van der Waals surface area contributed by atoms with Crippen molar-refractivity contribution in [1.29, 1.82) is 0 Å². The highest BCUT2D eigenvalue weighted by Crippen LogP contribution is 2.20. The number of nitrogens with two attached hydrogens (primary N) is 1. The van der Waals surface area contributed by atoms with Gasteiger partial charge in [-0.3, -0.25) is 4.79 Å². The molecule has 0 atom stereocenters. The lowest BCUT2D eigenvalue weighted by molar-refractivity contribution is 0.0784. The molecule has 0 aliphatic carbocycles. The molecule has 3 heteroatoms. The fourth-order valence-corrected chi connectivity index (χ4v) is 2.42. The Morgan fingerprint density at radius 2 is 1.71 bits per heavy atom. The first-order chi connectivity index (χ1) is 9.90. The molecule has 0 saturated carbocycles. The molecule has 0 unspecified atom stereocenters. The number of nitrogens with zero attached hydrogens (tertiary/aromatic N) is 1. The van der Waals surface area contributed by atoms with Crippen LogP contribution in [0.15, 0.2) is 36.4 Å². The maximum atomic E-state index is 12.6. The first kappa shape index (κ1) is 15.1. The van der Waals surface area contributed by atoms with E-state index in [9.17, 15) is 4.79 Å². The second kappa shape index (κ2) is 6.00. The van der Waals surface area contributed by atoms with Gasteiger partial charge in [0, 0.05) is 24.8 Å². The Bertz CT molecular complexity index is 677. The van der Waals surface area contributed by atoms with E-state index < -0.39 is 0 Å². The summed E-state index contributed by atoms with van der Waals surface area (Å²) in [7, 11) is 1.82. The number of carbonyl (C=O) groups excluding carboxylic acids is 1. The number of rotatable bonds is 3. The van der Waals surface area contributed by atoms with Crippen LogP contribution in [0.25, 0.3) is 0 Å². The van der Waals surface area contributed by atoms with Crippen molar-refractivity contribution in [1.82, 2.24) is 4.90 Å². The molecule has 0 aliphatic heterocycles. The van der Waals surface area contributed by atoms with Crippen molar-refractivity contribution >= 4 is 11.6 Å². The number of amides is 1. The van der Waals surface area contributed by atoms with Crippen LogP contribution in [0.5, 0.6) is 0 Å². The van der Waals surface area contributed by atoms with Gasteiger partial charge < -0.3 is 10.6 Å². The molecule has 0 spiro atoms. The summed E-state index contributed by atoms with van der Waals surface area (Å²) in [6.07, 6.45) is 0. The van der Waals surface area contributed by atoms with Gasteiger partial charge in [0.05, 0.1) is 0 Å². The molecule has 0 heterocycles.